The molecule has 1 atom stereocenters. The van der Waals surface area contributed by atoms with Gasteiger partial charge in [-0.05, 0) is 18.6 Å². The second-order valence-electron chi connectivity index (χ2n) is 6.21. The van der Waals surface area contributed by atoms with E-state index in [0.29, 0.717) is 5.69 Å². The van der Waals surface area contributed by atoms with Crippen LogP contribution in [-0.4, -0.2) is 41.4 Å². The molecular formula is C17H22N4O4S2. The van der Waals surface area contributed by atoms with Crippen molar-refractivity contribution >= 4 is 43.8 Å². The van der Waals surface area contributed by atoms with Crippen LogP contribution < -0.4 is 10.6 Å². The second kappa shape index (κ2) is 9.05. The molecule has 2 amide bonds. The number of anilines is 2. The summed E-state index contributed by atoms with van der Waals surface area (Å²) in [6.07, 6.45) is 0.0443. The molecule has 0 aliphatic rings. The number of carbonyl (C=O) groups excluding carboxylic acids is 2. The predicted octanol–water partition coefficient (Wildman–Crippen LogP) is 2.43. The van der Waals surface area contributed by atoms with Crippen molar-refractivity contribution in [1.82, 2.24) is 10.2 Å². The Morgan fingerprint density at radius 2 is 1.78 bits per heavy atom. The summed E-state index contributed by atoms with van der Waals surface area (Å²) in [4.78, 5) is 24.5. The van der Waals surface area contributed by atoms with Gasteiger partial charge in [0.1, 0.15) is 16.0 Å². The van der Waals surface area contributed by atoms with E-state index in [1.807, 2.05) is 13.8 Å². The minimum absolute atomic E-state index is 0.0443. The third-order valence-corrected chi connectivity index (χ3v) is 6.87. The minimum Gasteiger partial charge on any atom is -0.325 e. The van der Waals surface area contributed by atoms with Crippen molar-refractivity contribution in [2.75, 3.05) is 16.4 Å². The van der Waals surface area contributed by atoms with Crippen molar-refractivity contribution in [3.05, 3.63) is 35.3 Å². The molecule has 1 unspecified atom stereocenters. The summed E-state index contributed by atoms with van der Waals surface area (Å²) in [6, 6.07) is 8.52. The van der Waals surface area contributed by atoms with Gasteiger partial charge < -0.3 is 5.32 Å². The van der Waals surface area contributed by atoms with E-state index in [2.05, 4.69) is 20.8 Å². The van der Waals surface area contributed by atoms with Crippen LogP contribution >= 0.6 is 11.3 Å². The SMILES string of the molecule is CCC(C(=O)Nc1nnc(C(C)C)s1)S(=O)(=O)CC(=O)Nc1ccccc1. The molecule has 1 aromatic heterocycles. The monoisotopic (exact) mass is 410 g/mol. The van der Waals surface area contributed by atoms with Gasteiger partial charge in [-0.2, -0.15) is 0 Å². The number of hydrogen-bond donors (Lipinski definition) is 2. The van der Waals surface area contributed by atoms with Crippen LogP contribution in [-0.2, 0) is 19.4 Å². The molecule has 0 aliphatic carbocycles. The lowest BCUT2D eigenvalue weighted by Gasteiger charge is -2.14. The molecule has 146 valence electrons. The third kappa shape index (κ3) is 5.83. The quantitative estimate of drug-likeness (QED) is 0.690. The van der Waals surface area contributed by atoms with E-state index >= 15 is 0 Å². The molecule has 0 bridgehead atoms. The van der Waals surface area contributed by atoms with Crippen LogP contribution in [0, 0.1) is 0 Å². The highest BCUT2D eigenvalue weighted by Gasteiger charge is 2.33. The standard InChI is InChI=1S/C17H22N4O4S2/c1-4-13(15(23)19-17-21-20-16(26-17)11(2)3)27(24,25)10-14(22)18-12-8-6-5-7-9-12/h5-9,11,13H,4,10H2,1-3H3,(H,18,22)(H,19,21,23). The van der Waals surface area contributed by atoms with Gasteiger partial charge in [0.15, 0.2) is 9.84 Å². The van der Waals surface area contributed by atoms with E-state index in [0.717, 1.165) is 5.01 Å². The first kappa shape index (κ1) is 21.0. The van der Waals surface area contributed by atoms with E-state index in [1.54, 1.807) is 37.3 Å². The molecule has 10 heteroatoms. The number of hydrogen-bond acceptors (Lipinski definition) is 7. The summed E-state index contributed by atoms with van der Waals surface area (Å²) in [6.45, 7) is 5.46. The van der Waals surface area contributed by atoms with Crippen LogP contribution in [0.4, 0.5) is 10.8 Å². The average Bonchev–Trinajstić information content (AvgIpc) is 3.04. The molecule has 1 heterocycles. The maximum Gasteiger partial charge on any atom is 0.244 e. The fraction of sp³-hybridized carbons (Fsp3) is 0.412. The number of benzene rings is 1. The normalized spacial score (nSPS) is 12.6. The summed E-state index contributed by atoms with van der Waals surface area (Å²) in [5, 5.41) is 12.4. The van der Waals surface area contributed by atoms with Crippen molar-refractivity contribution in [1.29, 1.82) is 0 Å². The molecule has 27 heavy (non-hydrogen) atoms. The summed E-state index contributed by atoms with van der Waals surface area (Å²) in [5.74, 6) is -2.02. The van der Waals surface area contributed by atoms with Crippen LogP contribution in [0.5, 0.6) is 0 Å². The number of nitrogens with zero attached hydrogens (tertiary/aromatic N) is 2. The lowest BCUT2D eigenvalue weighted by Crippen LogP contribution is -2.39. The molecule has 0 radical (unpaired) electrons. The highest BCUT2D eigenvalue weighted by Crippen LogP contribution is 2.23. The zero-order chi connectivity index (χ0) is 20.0. The van der Waals surface area contributed by atoms with Gasteiger partial charge in [-0.3, -0.25) is 14.9 Å². The van der Waals surface area contributed by atoms with Crippen molar-refractivity contribution in [2.24, 2.45) is 0 Å². The molecular weight excluding hydrogens is 388 g/mol. The number of carbonyl (C=O) groups is 2. The lowest BCUT2D eigenvalue weighted by atomic mass is 10.2. The molecule has 0 spiro atoms. The number of nitrogens with one attached hydrogen (secondary N) is 2. The van der Waals surface area contributed by atoms with E-state index in [-0.39, 0.29) is 17.5 Å². The number of amides is 2. The average molecular weight is 411 g/mol. The van der Waals surface area contributed by atoms with Gasteiger partial charge in [0.05, 0.1) is 0 Å². The van der Waals surface area contributed by atoms with Crippen LogP contribution in [0.15, 0.2) is 30.3 Å². The zero-order valence-electron chi connectivity index (χ0n) is 15.3. The van der Waals surface area contributed by atoms with Gasteiger partial charge in [-0.15, -0.1) is 10.2 Å². The highest BCUT2D eigenvalue weighted by atomic mass is 32.2. The Morgan fingerprint density at radius 1 is 1.11 bits per heavy atom. The molecule has 2 N–H and O–H groups in total. The molecule has 0 fully saturated rings. The Hall–Kier alpha value is -2.33. The molecule has 1 aromatic carbocycles. The first-order valence-corrected chi connectivity index (χ1v) is 11.0. The van der Waals surface area contributed by atoms with Crippen LogP contribution in [0.25, 0.3) is 0 Å². The van der Waals surface area contributed by atoms with Crippen molar-refractivity contribution in [3.63, 3.8) is 0 Å². The second-order valence-corrected chi connectivity index (χ2v) is 9.40. The van der Waals surface area contributed by atoms with Gasteiger partial charge in [-0.1, -0.05) is 50.3 Å². The molecule has 0 saturated carbocycles. The van der Waals surface area contributed by atoms with Crippen molar-refractivity contribution < 1.29 is 18.0 Å². The largest absolute Gasteiger partial charge is 0.325 e. The van der Waals surface area contributed by atoms with E-state index in [1.165, 1.54) is 11.3 Å². The lowest BCUT2D eigenvalue weighted by molar-refractivity contribution is -0.115. The summed E-state index contributed by atoms with van der Waals surface area (Å²) >= 11 is 1.20. The zero-order valence-corrected chi connectivity index (χ0v) is 16.9. The maximum absolute atomic E-state index is 12.6. The summed E-state index contributed by atoms with van der Waals surface area (Å²) < 4.78 is 25.1. The Kier molecular flexibility index (Phi) is 7.03. The number of aromatic nitrogens is 2. The predicted molar refractivity (Wildman–Crippen MR) is 106 cm³/mol. The Bertz CT molecular complexity index is 895. The maximum atomic E-state index is 12.6. The number of para-hydroxylation sites is 1. The molecule has 0 saturated heterocycles. The Labute approximate surface area is 162 Å². The number of rotatable bonds is 8. The van der Waals surface area contributed by atoms with Gasteiger partial charge in [0.2, 0.25) is 16.9 Å². The van der Waals surface area contributed by atoms with Crippen LogP contribution in [0.2, 0.25) is 0 Å². The molecule has 8 nitrogen and oxygen atoms in total. The third-order valence-electron chi connectivity index (χ3n) is 3.65. The summed E-state index contributed by atoms with van der Waals surface area (Å²) in [7, 11) is -3.99. The Balaban J connectivity index is 2.04. The van der Waals surface area contributed by atoms with Gasteiger partial charge >= 0.3 is 0 Å². The molecule has 2 aromatic rings. The van der Waals surface area contributed by atoms with E-state index in [9.17, 15) is 18.0 Å². The van der Waals surface area contributed by atoms with Crippen LogP contribution in [0.1, 0.15) is 38.1 Å². The molecule has 2 rings (SSSR count). The minimum atomic E-state index is -3.99. The van der Waals surface area contributed by atoms with E-state index < -0.39 is 32.7 Å². The van der Waals surface area contributed by atoms with Gasteiger partial charge in [0, 0.05) is 11.6 Å². The smallest absolute Gasteiger partial charge is 0.244 e. The first-order valence-electron chi connectivity index (χ1n) is 8.43. The van der Waals surface area contributed by atoms with Crippen molar-refractivity contribution in [2.45, 2.75) is 38.4 Å². The van der Waals surface area contributed by atoms with Gasteiger partial charge in [0.25, 0.3) is 0 Å². The highest BCUT2D eigenvalue weighted by molar-refractivity contribution is 7.93. The van der Waals surface area contributed by atoms with Crippen LogP contribution in [0.3, 0.4) is 0 Å². The Morgan fingerprint density at radius 3 is 2.33 bits per heavy atom. The first-order chi connectivity index (χ1) is 12.7. The topological polar surface area (TPSA) is 118 Å². The molecule has 0 aliphatic heterocycles. The van der Waals surface area contributed by atoms with E-state index in [4.69, 9.17) is 0 Å². The van der Waals surface area contributed by atoms with Gasteiger partial charge in [-0.25, -0.2) is 8.42 Å². The summed E-state index contributed by atoms with van der Waals surface area (Å²) in [5.41, 5.74) is 0.491. The fourth-order valence-corrected chi connectivity index (χ4v) is 4.59. The fourth-order valence-electron chi connectivity index (χ4n) is 2.31. The van der Waals surface area contributed by atoms with Crippen molar-refractivity contribution in [3.8, 4) is 0 Å². The number of sulfone groups is 1.